The summed E-state index contributed by atoms with van der Waals surface area (Å²) in [6.45, 7) is 1.42. The summed E-state index contributed by atoms with van der Waals surface area (Å²) < 4.78 is 28.2. The highest BCUT2D eigenvalue weighted by Gasteiger charge is 2.39. The van der Waals surface area contributed by atoms with Crippen LogP contribution in [0.5, 0.6) is 0 Å². The van der Waals surface area contributed by atoms with E-state index in [2.05, 4.69) is 5.32 Å². The first kappa shape index (κ1) is 18.5. The second-order valence-corrected chi connectivity index (χ2v) is 9.00. The first-order valence-electron chi connectivity index (χ1n) is 9.09. The maximum Gasteiger partial charge on any atom is 0.264 e. The monoisotopic (exact) mass is 399 g/mol. The van der Waals surface area contributed by atoms with Crippen molar-refractivity contribution in [1.29, 1.82) is 0 Å². The number of sulfonamides is 1. The Balaban J connectivity index is 1.69. The van der Waals surface area contributed by atoms with Gasteiger partial charge in [0.05, 0.1) is 17.0 Å². The van der Waals surface area contributed by atoms with Crippen molar-refractivity contribution < 1.29 is 18.0 Å². The first-order valence-corrected chi connectivity index (χ1v) is 10.5. The molecule has 1 aliphatic carbocycles. The van der Waals surface area contributed by atoms with Crippen LogP contribution in [0.15, 0.2) is 47.4 Å². The SMILES string of the molecule is CC(=O)Nc1ccc(N(C2CC2)S(=O)(=O)c2ccc3c(c2)CC(=O)N3C)cc1. The molecule has 1 N–H and O–H groups in total. The third-order valence-corrected chi connectivity index (χ3v) is 6.88. The molecule has 2 aromatic carbocycles. The molecule has 146 valence electrons. The molecule has 1 heterocycles. The molecule has 8 heteroatoms. The Morgan fingerprint density at radius 1 is 1.14 bits per heavy atom. The van der Waals surface area contributed by atoms with Crippen molar-refractivity contribution in [1.82, 2.24) is 0 Å². The number of fused-ring (bicyclic) bond motifs is 1. The van der Waals surface area contributed by atoms with Crippen LogP contribution in [0.2, 0.25) is 0 Å². The lowest BCUT2D eigenvalue weighted by molar-refractivity contribution is -0.117. The lowest BCUT2D eigenvalue weighted by atomic mass is 10.2. The molecule has 0 radical (unpaired) electrons. The van der Waals surface area contributed by atoms with E-state index in [4.69, 9.17) is 0 Å². The zero-order chi connectivity index (χ0) is 20.1. The van der Waals surface area contributed by atoms with Crippen molar-refractivity contribution in [3.8, 4) is 0 Å². The zero-order valence-electron chi connectivity index (χ0n) is 15.7. The fourth-order valence-corrected chi connectivity index (χ4v) is 5.23. The van der Waals surface area contributed by atoms with Crippen LogP contribution in [0.4, 0.5) is 17.1 Å². The molecule has 2 aliphatic rings. The van der Waals surface area contributed by atoms with Gasteiger partial charge in [0.1, 0.15) is 0 Å². The quantitative estimate of drug-likeness (QED) is 0.837. The summed E-state index contributed by atoms with van der Waals surface area (Å²) in [5.41, 5.74) is 2.65. The number of hydrogen-bond donors (Lipinski definition) is 1. The smallest absolute Gasteiger partial charge is 0.264 e. The van der Waals surface area contributed by atoms with Crippen molar-refractivity contribution >= 4 is 38.9 Å². The molecule has 0 spiro atoms. The Bertz CT molecular complexity index is 1060. The fraction of sp³-hybridized carbons (Fsp3) is 0.300. The third kappa shape index (κ3) is 3.24. The number of nitrogens with zero attached hydrogens (tertiary/aromatic N) is 2. The summed E-state index contributed by atoms with van der Waals surface area (Å²) >= 11 is 0. The number of carbonyl (C=O) groups is 2. The van der Waals surface area contributed by atoms with Crippen LogP contribution in [-0.2, 0) is 26.0 Å². The predicted molar refractivity (Wildman–Crippen MR) is 107 cm³/mol. The van der Waals surface area contributed by atoms with Gasteiger partial charge >= 0.3 is 0 Å². The van der Waals surface area contributed by atoms with Crippen LogP contribution in [0.1, 0.15) is 25.3 Å². The number of anilines is 3. The van der Waals surface area contributed by atoms with Gasteiger partial charge in [-0.1, -0.05) is 0 Å². The largest absolute Gasteiger partial charge is 0.326 e. The van der Waals surface area contributed by atoms with E-state index in [1.165, 1.54) is 11.2 Å². The number of nitrogens with one attached hydrogen (secondary N) is 1. The number of carbonyl (C=O) groups excluding carboxylic acids is 2. The van der Waals surface area contributed by atoms with E-state index in [0.29, 0.717) is 11.4 Å². The molecule has 2 aromatic rings. The molecule has 0 bridgehead atoms. The number of rotatable bonds is 5. The van der Waals surface area contributed by atoms with E-state index in [1.54, 1.807) is 54.4 Å². The summed E-state index contributed by atoms with van der Waals surface area (Å²) in [6, 6.07) is 11.6. The Morgan fingerprint density at radius 3 is 2.43 bits per heavy atom. The fourth-order valence-electron chi connectivity index (χ4n) is 3.47. The lowest BCUT2D eigenvalue weighted by Crippen LogP contribution is -2.33. The van der Waals surface area contributed by atoms with Crippen LogP contribution in [0, 0.1) is 0 Å². The second-order valence-electron chi connectivity index (χ2n) is 7.18. The molecule has 4 rings (SSSR count). The Kier molecular flexibility index (Phi) is 4.38. The normalized spacial score (nSPS) is 16.1. The van der Waals surface area contributed by atoms with Gasteiger partial charge in [0, 0.05) is 31.4 Å². The van der Waals surface area contributed by atoms with Gasteiger partial charge in [-0.3, -0.25) is 13.9 Å². The Labute approximate surface area is 164 Å². The van der Waals surface area contributed by atoms with Gasteiger partial charge in [-0.15, -0.1) is 0 Å². The van der Waals surface area contributed by atoms with E-state index >= 15 is 0 Å². The summed E-state index contributed by atoms with van der Waals surface area (Å²) in [5, 5.41) is 2.68. The molecule has 0 unspecified atom stereocenters. The van der Waals surface area contributed by atoms with Gasteiger partial charge in [0.2, 0.25) is 11.8 Å². The van der Waals surface area contributed by atoms with Gasteiger partial charge in [-0.2, -0.15) is 0 Å². The second kappa shape index (κ2) is 6.63. The van der Waals surface area contributed by atoms with E-state index < -0.39 is 10.0 Å². The molecule has 0 saturated heterocycles. The van der Waals surface area contributed by atoms with Crippen LogP contribution in [0.3, 0.4) is 0 Å². The van der Waals surface area contributed by atoms with Crippen molar-refractivity contribution in [3.05, 3.63) is 48.0 Å². The number of likely N-dealkylation sites (N-methyl/N-ethyl adjacent to an activating group) is 1. The highest BCUT2D eigenvalue weighted by molar-refractivity contribution is 7.92. The maximum absolute atomic E-state index is 13.4. The predicted octanol–water partition coefficient (Wildman–Crippen LogP) is 2.52. The highest BCUT2D eigenvalue weighted by atomic mass is 32.2. The molecule has 2 amide bonds. The molecule has 1 aliphatic heterocycles. The van der Waals surface area contributed by atoms with Crippen LogP contribution in [0.25, 0.3) is 0 Å². The maximum atomic E-state index is 13.4. The topological polar surface area (TPSA) is 86.8 Å². The zero-order valence-corrected chi connectivity index (χ0v) is 16.5. The van der Waals surface area contributed by atoms with E-state index in [0.717, 1.165) is 24.1 Å². The molecule has 1 fully saturated rings. The molecular formula is C20H21N3O4S. The summed E-state index contributed by atoms with van der Waals surface area (Å²) in [6.07, 6.45) is 1.82. The van der Waals surface area contributed by atoms with Crippen molar-refractivity contribution in [2.75, 3.05) is 21.6 Å². The average Bonchev–Trinajstić information content (AvgIpc) is 3.42. The molecular weight excluding hydrogens is 378 g/mol. The molecule has 7 nitrogen and oxygen atoms in total. The number of hydrogen-bond acceptors (Lipinski definition) is 4. The minimum atomic E-state index is -3.77. The molecule has 0 aromatic heterocycles. The number of amides is 2. The van der Waals surface area contributed by atoms with Gasteiger partial charge < -0.3 is 10.2 Å². The van der Waals surface area contributed by atoms with Crippen LogP contribution in [-0.4, -0.2) is 33.3 Å². The Morgan fingerprint density at radius 2 is 1.82 bits per heavy atom. The molecule has 28 heavy (non-hydrogen) atoms. The Hall–Kier alpha value is -2.87. The van der Waals surface area contributed by atoms with E-state index in [1.807, 2.05) is 0 Å². The van der Waals surface area contributed by atoms with Gasteiger partial charge in [0.25, 0.3) is 10.0 Å². The summed E-state index contributed by atoms with van der Waals surface area (Å²) in [5.74, 6) is -0.228. The summed E-state index contributed by atoms with van der Waals surface area (Å²) in [4.78, 5) is 24.8. The third-order valence-electron chi connectivity index (χ3n) is 5.01. The van der Waals surface area contributed by atoms with Gasteiger partial charge in [-0.05, 0) is 60.9 Å². The summed E-state index contributed by atoms with van der Waals surface area (Å²) in [7, 11) is -2.08. The van der Waals surface area contributed by atoms with Crippen molar-refractivity contribution in [2.24, 2.45) is 0 Å². The minimum absolute atomic E-state index is 0.0443. The highest BCUT2D eigenvalue weighted by Crippen LogP contribution is 2.38. The van der Waals surface area contributed by atoms with Crippen LogP contribution >= 0.6 is 0 Å². The minimum Gasteiger partial charge on any atom is -0.326 e. The van der Waals surface area contributed by atoms with Crippen molar-refractivity contribution in [3.63, 3.8) is 0 Å². The van der Waals surface area contributed by atoms with Gasteiger partial charge in [-0.25, -0.2) is 8.42 Å². The lowest BCUT2D eigenvalue weighted by Gasteiger charge is -2.25. The van der Waals surface area contributed by atoms with E-state index in [9.17, 15) is 18.0 Å². The van der Waals surface area contributed by atoms with Gasteiger partial charge in [0.15, 0.2) is 0 Å². The van der Waals surface area contributed by atoms with Crippen LogP contribution < -0.4 is 14.5 Å². The average molecular weight is 399 g/mol. The molecule has 0 atom stereocenters. The first-order chi connectivity index (χ1) is 13.3. The molecule has 1 saturated carbocycles. The number of benzene rings is 2. The van der Waals surface area contributed by atoms with Crippen molar-refractivity contribution in [2.45, 2.75) is 37.1 Å². The standard InChI is InChI=1S/C20H21N3O4S/c1-13(24)21-15-3-5-16(6-4-15)23(17-7-8-17)28(26,27)18-9-10-19-14(11-18)12-20(25)22(19)2/h3-6,9-11,17H,7-8,12H2,1-2H3,(H,21,24). The van der Waals surface area contributed by atoms with E-state index in [-0.39, 0.29) is 29.2 Å².